The van der Waals surface area contributed by atoms with E-state index in [1.807, 2.05) is 43.3 Å². The molecule has 1 aromatic heterocycles. The molecule has 4 aromatic rings. The SMILES string of the molecule is COc1cccc(-c2cc(/C(C)=N\OCc3ccc(C)cc3)c(C)n2-c2cccc(OC)c2)c1. The molecule has 0 spiro atoms. The molecule has 0 saturated carbocycles. The van der Waals surface area contributed by atoms with Gasteiger partial charge in [-0.2, -0.15) is 0 Å². The van der Waals surface area contributed by atoms with Gasteiger partial charge in [0.1, 0.15) is 18.1 Å². The van der Waals surface area contributed by atoms with Crippen LogP contribution in [0.5, 0.6) is 11.5 Å². The average Bonchev–Trinajstić information content (AvgIpc) is 3.22. The Morgan fingerprint density at radius 1 is 0.824 bits per heavy atom. The molecule has 3 aromatic carbocycles. The summed E-state index contributed by atoms with van der Waals surface area (Å²) in [5.41, 5.74) is 8.30. The van der Waals surface area contributed by atoms with Crippen LogP contribution < -0.4 is 9.47 Å². The predicted octanol–water partition coefficient (Wildman–Crippen LogP) is 6.72. The smallest absolute Gasteiger partial charge is 0.142 e. The van der Waals surface area contributed by atoms with Crippen molar-refractivity contribution in [3.63, 3.8) is 0 Å². The minimum atomic E-state index is 0.427. The zero-order valence-corrected chi connectivity index (χ0v) is 20.3. The van der Waals surface area contributed by atoms with Gasteiger partial charge >= 0.3 is 0 Å². The maximum atomic E-state index is 5.70. The molecule has 5 nitrogen and oxygen atoms in total. The number of aromatic nitrogens is 1. The third-order valence-electron chi connectivity index (χ3n) is 5.87. The zero-order valence-electron chi connectivity index (χ0n) is 20.3. The normalized spacial score (nSPS) is 11.4. The van der Waals surface area contributed by atoms with Gasteiger partial charge < -0.3 is 18.9 Å². The Hall–Kier alpha value is -3.99. The van der Waals surface area contributed by atoms with Gasteiger partial charge in [-0.1, -0.05) is 53.2 Å². The molecule has 1 heterocycles. The van der Waals surface area contributed by atoms with Crippen molar-refractivity contribution < 1.29 is 14.3 Å². The van der Waals surface area contributed by atoms with E-state index in [2.05, 4.69) is 66.0 Å². The van der Waals surface area contributed by atoms with Crippen molar-refractivity contribution in [1.82, 2.24) is 4.57 Å². The fraction of sp³-hybridized carbons (Fsp3) is 0.207. The molecule has 0 fully saturated rings. The molecule has 0 unspecified atom stereocenters. The van der Waals surface area contributed by atoms with Crippen LogP contribution in [0, 0.1) is 13.8 Å². The first kappa shape index (κ1) is 23.2. The molecular weight excluding hydrogens is 424 g/mol. The molecule has 0 atom stereocenters. The Bertz CT molecular complexity index is 1300. The molecule has 0 amide bonds. The third kappa shape index (κ3) is 4.99. The average molecular weight is 455 g/mol. The highest BCUT2D eigenvalue weighted by molar-refractivity contribution is 6.01. The molecule has 0 bridgehead atoms. The number of ether oxygens (including phenoxy) is 2. The molecule has 5 heteroatoms. The lowest BCUT2D eigenvalue weighted by Gasteiger charge is -2.14. The number of rotatable bonds is 8. The van der Waals surface area contributed by atoms with Crippen LogP contribution in [-0.4, -0.2) is 24.5 Å². The van der Waals surface area contributed by atoms with Crippen LogP contribution >= 0.6 is 0 Å². The van der Waals surface area contributed by atoms with E-state index in [1.54, 1.807) is 14.2 Å². The van der Waals surface area contributed by atoms with E-state index in [-0.39, 0.29) is 0 Å². The first-order valence-electron chi connectivity index (χ1n) is 11.2. The minimum absolute atomic E-state index is 0.427. The highest BCUT2D eigenvalue weighted by Crippen LogP contribution is 2.32. The summed E-state index contributed by atoms with van der Waals surface area (Å²) in [6, 6.07) is 26.5. The van der Waals surface area contributed by atoms with E-state index < -0.39 is 0 Å². The van der Waals surface area contributed by atoms with Crippen molar-refractivity contribution in [1.29, 1.82) is 0 Å². The Balaban J connectivity index is 1.74. The lowest BCUT2D eigenvalue weighted by atomic mass is 10.1. The molecule has 0 saturated heterocycles. The van der Waals surface area contributed by atoms with Crippen LogP contribution in [0.25, 0.3) is 16.9 Å². The second-order valence-corrected chi connectivity index (χ2v) is 8.23. The molecule has 0 radical (unpaired) electrons. The summed E-state index contributed by atoms with van der Waals surface area (Å²) in [7, 11) is 3.36. The Labute approximate surface area is 201 Å². The molecule has 0 aliphatic carbocycles. The molecular formula is C29H30N2O3. The summed E-state index contributed by atoms with van der Waals surface area (Å²) in [6.07, 6.45) is 0. The van der Waals surface area contributed by atoms with Gasteiger partial charge in [0.05, 0.1) is 25.6 Å². The van der Waals surface area contributed by atoms with Gasteiger partial charge in [-0.25, -0.2) is 0 Å². The maximum Gasteiger partial charge on any atom is 0.142 e. The Kier molecular flexibility index (Phi) is 7.02. The molecule has 0 aliphatic rings. The zero-order chi connectivity index (χ0) is 24.1. The standard InChI is InChI=1S/C29H30N2O3/c1-20-12-14-23(15-13-20)19-34-30-21(2)28-18-29(24-8-6-10-26(16-24)32-4)31(22(28)3)25-9-7-11-27(17-25)33-5/h6-18H,19H2,1-5H3/b30-21-. The first-order chi connectivity index (χ1) is 16.5. The fourth-order valence-corrected chi connectivity index (χ4v) is 3.99. The minimum Gasteiger partial charge on any atom is -0.497 e. The highest BCUT2D eigenvalue weighted by atomic mass is 16.6. The van der Waals surface area contributed by atoms with Gasteiger partial charge in [-0.05, 0) is 56.7 Å². The first-order valence-corrected chi connectivity index (χ1v) is 11.2. The van der Waals surface area contributed by atoms with Crippen LogP contribution in [-0.2, 0) is 11.4 Å². The number of oxime groups is 1. The van der Waals surface area contributed by atoms with Crippen LogP contribution in [0.15, 0.2) is 84.0 Å². The predicted molar refractivity (Wildman–Crippen MR) is 137 cm³/mol. The lowest BCUT2D eigenvalue weighted by molar-refractivity contribution is 0.130. The van der Waals surface area contributed by atoms with Crippen molar-refractivity contribution in [3.05, 3.63) is 101 Å². The van der Waals surface area contributed by atoms with E-state index in [9.17, 15) is 0 Å². The molecule has 4 rings (SSSR count). The van der Waals surface area contributed by atoms with E-state index in [0.29, 0.717) is 6.61 Å². The topological polar surface area (TPSA) is 45.0 Å². The van der Waals surface area contributed by atoms with Crippen molar-refractivity contribution in [2.24, 2.45) is 5.16 Å². The van der Waals surface area contributed by atoms with Crippen molar-refractivity contribution in [2.75, 3.05) is 14.2 Å². The van der Waals surface area contributed by atoms with Gasteiger partial charge in [0.15, 0.2) is 0 Å². The highest BCUT2D eigenvalue weighted by Gasteiger charge is 2.18. The van der Waals surface area contributed by atoms with Crippen LogP contribution in [0.2, 0.25) is 0 Å². The number of methoxy groups -OCH3 is 2. The van der Waals surface area contributed by atoms with E-state index in [1.165, 1.54) is 5.56 Å². The second kappa shape index (κ2) is 10.3. The van der Waals surface area contributed by atoms with E-state index >= 15 is 0 Å². The number of nitrogens with zero attached hydrogens (tertiary/aromatic N) is 2. The van der Waals surface area contributed by atoms with Gasteiger partial charge in [0.2, 0.25) is 0 Å². The largest absolute Gasteiger partial charge is 0.497 e. The maximum absolute atomic E-state index is 5.70. The molecule has 174 valence electrons. The third-order valence-corrected chi connectivity index (χ3v) is 5.87. The summed E-state index contributed by atoms with van der Waals surface area (Å²) >= 11 is 0. The van der Waals surface area contributed by atoms with Crippen LogP contribution in [0.4, 0.5) is 0 Å². The monoisotopic (exact) mass is 454 g/mol. The lowest BCUT2D eigenvalue weighted by Crippen LogP contribution is -2.03. The molecule has 34 heavy (non-hydrogen) atoms. The van der Waals surface area contributed by atoms with Crippen molar-refractivity contribution in [2.45, 2.75) is 27.4 Å². The number of benzene rings is 3. The van der Waals surface area contributed by atoms with Crippen LogP contribution in [0.3, 0.4) is 0 Å². The number of hydrogen-bond acceptors (Lipinski definition) is 4. The number of hydrogen-bond donors (Lipinski definition) is 0. The fourth-order valence-electron chi connectivity index (χ4n) is 3.99. The van der Waals surface area contributed by atoms with E-state index in [0.717, 1.165) is 51.0 Å². The number of aryl methyl sites for hydroxylation is 1. The summed E-state index contributed by atoms with van der Waals surface area (Å²) in [6.45, 7) is 6.57. The quantitative estimate of drug-likeness (QED) is 0.219. The Morgan fingerprint density at radius 3 is 2.21 bits per heavy atom. The van der Waals surface area contributed by atoms with Gasteiger partial charge in [-0.15, -0.1) is 0 Å². The van der Waals surface area contributed by atoms with Gasteiger partial charge in [0, 0.05) is 28.6 Å². The Morgan fingerprint density at radius 2 is 1.50 bits per heavy atom. The van der Waals surface area contributed by atoms with Gasteiger partial charge in [0.25, 0.3) is 0 Å². The van der Waals surface area contributed by atoms with Crippen LogP contribution in [0.1, 0.15) is 29.3 Å². The summed E-state index contributed by atoms with van der Waals surface area (Å²) in [5.74, 6) is 1.61. The van der Waals surface area contributed by atoms with E-state index in [4.69, 9.17) is 14.3 Å². The molecule has 0 N–H and O–H groups in total. The van der Waals surface area contributed by atoms with Crippen molar-refractivity contribution >= 4 is 5.71 Å². The molecule has 0 aliphatic heterocycles. The van der Waals surface area contributed by atoms with Crippen molar-refractivity contribution in [3.8, 4) is 28.4 Å². The second-order valence-electron chi connectivity index (χ2n) is 8.23. The summed E-state index contributed by atoms with van der Waals surface area (Å²) < 4.78 is 13.2. The summed E-state index contributed by atoms with van der Waals surface area (Å²) in [5, 5.41) is 4.44. The van der Waals surface area contributed by atoms with Gasteiger partial charge in [-0.3, -0.25) is 0 Å². The summed E-state index contributed by atoms with van der Waals surface area (Å²) in [4.78, 5) is 5.70.